The van der Waals surface area contributed by atoms with Crippen molar-refractivity contribution in [3.8, 4) is 11.4 Å². The Morgan fingerprint density at radius 2 is 1.83 bits per heavy atom. The lowest BCUT2D eigenvalue weighted by molar-refractivity contribution is -0.118. The smallest absolute Gasteiger partial charge is 0.226 e. The summed E-state index contributed by atoms with van der Waals surface area (Å²) in [6, 6.07) is 15.3. The van der Waals surface area contributed by atoms with Gasteiger partial charge in [0.1, 0.15) is 6.04 Å². The number of carbonyl (C=O) groups excluding carboxylic acids is 1. The molecule has 2 heterocycles. The summed E-state index contributed by atoms with van der Waals surface area (Å²) in [5.74, 6) is 1.42. The Morgan fingerprint density at radius 1 is 1.10 bits per heavy atom. The predicted octanol–water partition coefficient (Wildman–Crippen LogP) is 5.57. The molecule has 1 N–H and O–H groups in total. The van der Waals surface area contributed by atoms with Gasteiger partial charge in [-0.3, -0.25) is 4.79 Å². The van der Waals surface area contributed by atoms with Crippen molar-refractivity contribution in [2.45, 2.75) is 39.7 Å². The Balaban J connectivity index is 1.72. The molecule has 3 aromatic rings. The van der Waals surface area contributed by atoms with Crippen molar-refractivity contribution in [3.63, 3.8) is 0 Å². The molecule has 5 rings (SSSR count). The Labute approximate surface area is 180 Å². The highest BCUT2D eigenvalue weighted by molar-refractivity contribution is 6.31. The fourth-order valence-electron chi connectivity index (χ4n) is 4.53. The zero-order valence-corrected chi connectivity index (χ0v) is 18.0. The molecular formula is C24H23ClN4O. The zero-order valence-electron chi connectivity index (χ0n) is 17.2. The van der Waals surface area contributed by atoms with Crippen LogP contribution in [0.2, 0.25) is 5.02 Å². The molecule has 2 aliphatic rings. The van der Waals surface area contributed by atoms with Crippen LogP contribution in [0.25, 0.3) is 11.4 Å². The minimum atomic E-state index is -0.390. The average Bonchev–Trinajstić information content (AvgIpc) is 3.09. The molecule has 30 heavy (non-hydrogen) atoms. The first-order valence-corrected chi connectivity index (χ1v) is 10.5. The standard InChI is InChI=1S/C24H23ClN4O/c1-14-8-4-5-9-15(14)22-27-23-26-18-12-24(2,3)13-19(30)20(18)21(29(23)28-22)16-10-6-7-11-17(16)25/h4-11,21H,12-13H2,1-3H3,(H,26,27,28). The van der Waals surface area contributed by atoms with Crippen LogP contribution in [0.15, 0.2) is 59.8 Å². The molecule has 6 heteroatoms. The molecule has 0 saturated heterocycles. The number of benzene rings is 2. The minimum Gasteiger partial charge on any atom is -0.328 e. The number of Topliss-reactive ketones (excluding diaryl/α,β-unsaturated/α-hetero) is 1. The van der Waals surface area contributed by atoms with Gasteiger partial charge in [-0.15, -0.1) is 5.10 Å². The first-order chi connectivity index (χ1) is 14.3. The topological polar surface area (TPSA) is 59.8 Å². The summed E-state index contributed by atoms with van der Waals surface area (Å²) in [7, 11) is 0. The zero-order chi connectivity index (χ0) is 21.0. The number of nitrogens with zero attached hydrogens (tertiary/aromatic N) is 3. The lowest BCUT2D eigenvalue weighted by atomic mass is 9.73. The van der Waals surface area contributed by atoms with E-state index < -0.39 is 0 Å². The van der Waals surface area contributed by atoms with Gasteiger partial charge in [-0.25, -0.2) is 4.68 Å². The highest BCUT2D eigenvalue weighted by Crippen LogP contribution is 2.46. The molecule has 5 nitrogen and oxygen atoms in total. The SMILES string of the molecule is Cc1ccccc1-c1nc2n(n1)C(c1ccccc1Cl)C1=C(CC(C)(C)CC1=O)N2. The summed E-state index contributed by atoms with van der Waals surface area (Å²) in [6.07, 6.45) is 1.28. The summed E-state index contributed by atoms with van der Waals surface area (Å²) in [5, 5.41) is 8.88. The lowest BCUT2D eigenvalue weighted by Crippen LogP contribution is -2.36. The third-order valence-corrected chi connectivity index (χ3v) is 6.26. The van der Waals surface area contributed by atoms with Gasteiger partial charge in [-0.1, -0.05) is 67.9 Å². The Hall–Kier alpha value is -2.92. The van der Waals surface area contributed by atoms with Gasteiger partial charge in [-0.2, -0.15) is 4.98 Å². The van der Waals surface area contributed by atoms with Crippen molar-refractivity contribution < 1.29 is 4.79 Å². The molecule has 0 amide bonds. The summed E-state index contributed by atoms with van der Waals surface area (Å²) in [4.78, 5) is 18.1. The number of hydrogen-bond donors (Lipinski definition) is 1. The van der Waals surface area contributed by atoms with Crippen LogP contribution in [0.3, 0.4) is 0 Å². The number of hydrogen-bond acceptors (Lipinski definition) is 4. The minimum absolute atomic E-state index is 0.102. The van der Waals surface area contributed by atoms with E-state index >= 15 is 0 Å². The maximum absolute atomic E-state index is 13.3. The molecule has 152 valence electrons. The quantitative estimate of drug-likeness (QED) is 0.591. The van der Waals surface area contributed by atoms with Crippen molar-refractivity contribution in [1.29, 1.82) is 0 Å². The first-order valence-electron chi connectivity index (χ1n) is 10.1. The number of nitrogens with one attached hydrogen (secondary N) is 1. The van der Waals surface area contributed by atoms with Gasteiger partial charge in [0.25, 0.3) is 0 Å². The van der Waals surface area contributed by atoms with E-state index in [1.807, 2.05) is 60.1 Å². The summed E-state index contributed by atoms with van der Waals surface area (Å²) in [5.41, 5.74) is 4.51. The van der Waals surface area contributed by atoms with Crippen molar-refractivity contribution in [2.24, 2.45) is 5.41 Å². The lowest BCUT2D eigenvalue weighted by Gasteiger charge is -2.38. The third kappa shape index (κ3) is 3.05. The second-order valence-electron chi connectivity index (χ2n) is 8.90. The number of carbonyl (C=O) groups is 1. The maximum atomic E-state index is 13.3. The second-order valence-corrected chi connectivity index (χ2v) is 9.31. The molecule has 0 radical (unpaired) electrons. The van der Waals surface area contributed by atoms with E-state index in [-0.39, 0.29) is 17.2 Å². The monoisotopic (exact) mass is 418 g/mol. The molecule has 0 saturated carbocycles. The normalized spacial score (nSPS) is 19.9. The molecule has 0 bridgehead atoms. The van der Waals surface area contributed by atoms with Gasteiger partial charge in [0, 0.05) is 33.8 Å². The van der Waals surface area contributed by atoms with Gasteiger partial charge >= 0.3 is 0 Å². The highest BCUT2D eigenvalue weighted by atomic mass is 35.5. The van der Waals surface area contributed by atoms with Crippen LogP contribution < -0.4 is 5.32 Å². The Kier molecular flexibility index (Phi) is 4.33. The molecule has 1 aromatic heterocycles. The molecule has 1 aliphatic heterocycles. The maximum Gasteiger partial charge on any atom is 0.226 e. The molecule has 0 fully saturated rings. The Morgan fingerprint density at radius 3 is 2.60 bits per heavy atom. The number of fused-ring (bicyclic) bond motifs is 1. The Bertz CT molecular complexity index is 1210. The molecule has 1 aliphatic carbocycles. The number of ketones is 1. The van der Waals surface area contributed by atoms with Gasteiger partial charge in [0.15, 0.2) is 11.6 Å². The molecule has 2 aromatic carbocycles. The van der Waals surface area contributed by atoms with Crippen molar-refractivity contribution in [2.75, 3.05) is 5.32 Å². The van der Waals surface area contributed by atoms with E-state index in [0.717, 1.165) is 34.4 Å². The van der Waals surface area contributed by atoms with Crippen LogP contribution >= 0.6 is 11.6 Å². The van der Waals surface area contributed by atoms with E-state index in [1.54, 1.807) is 0 Å². The van der Waals surface area contributed by atoms with E-state index in [4.69, 9.17) is 21.7 Å². The number of aromatic nitrogens is 3. The number of anilines is 1. The molecule has 1 unspecified atom stereocenters. The molecular weight excluding hydrogens is 396 g/mol. The van der Waals surface area contributed by atoms with Crippen LogP contribution in [-0.2, 0) is 4.79 Å². The van der Waals surface area contributed by atoms with Crippen molar-refractivity contribution in [1.82, 2.24) is 14.8 Å². The third-order valence-electron chi connectivity index (χ3n) is 5.92. The van der Waals surface area contributed by atoms with E-state index in [9.17, 15) is 4.79 Å². The fraction of sp³-hybridized carbons (Fsp3) is 0.292. The first kappa shape index (κ1) is 19.1. The van der Waals surface area contributed by atoms with Crippen molar-refractivity contribution >= 4 is 23.3 Å². The van der Waals surface area contributed by atoms with Crippen LogP contribution in [0.1, 0.15) is 43.9 Å². The highest BCUT2D eigenvalue weighted by Gasteiger charge is 2.42. The van der Waals surface area contributed by atoms with Crippen molar-refractivity contribution in [3.05, 3.63) is 76.0 Å². The van der Waals surface area contributed by atoms with Gasteiger partial charge < -0.3 is 5.32 Å². The number of rotatable bonds is 2. The number of allylic oxidation sites excluding steroid dienone is 2. The summed E-state index contributed by atoms with van der Waals surface area (Å²) < 4.78 is 1.82. The molecule has 1 atom stereocenters. The average molecular weight is 419 g/mol. The van der Waals surface area contributed by atoms with E-state index in [2.05, 4.69) is 19.2 Å². The van der Waals surface area contributed by atoms with Gasteiger partial charge in [0.2, 0.25) is 5.95 Å². The van der Waals surface area contributed by atoms with E-state index in [1.165, 1.54) is 0 Å². The van der Waals surface area contributed by atoms with Crippen LogP contribution in [0.5, 0.6) is 0 Å². The fourth-order valence-corrected chi connectivity index (χ4v) is 4.77. The summed E-state index contributed by atoms with van der Waals surface area (Å²) in [6.45, 7) is 6.29. The predicted molar refractivity (Wildman–Crippen MR) is 118 cm³/mol. The van der Waals surface area contributed by atoms with Gasteiger partial charge in [-0.05, 0) is 30.4 Å². The largest absolute Gasteiger partial charge is 0.328 e. The second kappa shape index (κ2) is 6.81. The number of aryl methyl sites for hydroxylation is 1. The van der Waals surface area contributed by atoms with Crippen LogP contribution in [0.4, 0.5) is 5.95 Å². The van der Waals surface area contributed by atoms with Gasteiger partial charge in [0.05, 0.1) is 0 Å². The van der Waals surface area contributed by atoms with Crippen LogP contribution in [-0.4, -0.2) is 20.5 Å². The van der Waals surface area contributed by atoms with Crippen LogP contribution in [0, 0.1) is 12.3 Å². The number of halogens is 1. The summed E-state index contributed by atoms with van der Waals surface area (Å²) >= 11 is 6.59. The van der Waals surface area contributed by atoms with E-state index in [0.29, 0.717) is 23.2 Å². The molecule has 0 spiro atoms.